The van der Waals surface area contributed by atoms with Gasteiger partial charge >= 0.3 is 0 Å². The van der Waals surface area contributed by atoms with Gasteiger partial charge in [0.05, 0.1) is 0 Å². The van der Waals surface area contributed by atoms with Crippen LogP contribution >= 0.6 is 0 Å². The van der Waals surface area contributed by atoms with Gasteiger partial charge in [0.25, 0.3) is 0 Å². The fraction of sp³-hybridized carbons (Fsp3) is 0.654. The molecule has 0 spiro atoms. The van der Waals surface area contributed by atoms with E-state index >= 15 is 0 Å². The van der Waals surface area contributed by atoms with Crippen molar-refractivity contribution in [1.29, 1.82) is 0 Å². The van der Waals surface area contributed by atoms with Crippen molar-refractivity contribution in [1.82, 2.24) is 0 Å². The summed E-state index contributed by atoms with van der Waals surface area (Å²) in [5.41, 5.74) is 2.18. The molecule has 0 saturated heterocycles. The number of hydrogen-bond acceptors (Lipinski definition) is 3. The molecule has 29 heavy (non-hydrogen) atoms. The summed E-state index contributed by atoms with van der Waals surface area (Å²) in [5, 5.41) is 0. The van der Waals surface area contributed by atoms with Crippen LogP contribution in [0.1, 0.15) is 95.0 Å². The predicted octanol–water partition coefficient (Wildman–Crippen LogP) is 7.42. The van der Waals surface area contributed by atoms with E-state index in [1.165, 1.54) is 44.1 Å². The summed E-state index contributed by atoms with van der Waals surface area (Å²) in [6.45, 7) is 17.9. The summed E-state index contributed by atoms with van der Waals surface area (Å²) in [5.74, 6) is 2.40. The molecule has 0 radical (unpaired) electrons. The molecule has 2 rings (SSSR count). The van der Waals surface area contributed by atoms with Gasteiger partial charge in [0.1, 0.15) is 6.29 Å². The van der Waals surface area contributed by atoms with Crippen LogP contribution in [0.4, 0.5) is 0 Å². The molecule has 1 aromatic carbocycles. The first-order valence-electron chi connectivity index (χ1n) is 11.3. The summed E-state index contributed by atoms with van der Waals surface area (Å²) in [7, 11) is 0. The monoisotopic (exact) mass is 404 g/mol. The molecule has 3 unspecified atom stereocenters. The van der Waals surface area contributed by atoms with Crippen LogP contribution in [0.15, 0.2) is 37.4 Å². The summed E-state index contributed by atoms with van der Waals surface area (Å²) in [6.07, 6.45) is 9.19. The minimum Gasteiger partial charge on any atom is -0.353 e. The Kier molecular flexibility index (Phi) is 16.5. The van der Waals surface area contributed by atoms with Gasteiger partial charge in [-0.3, -0.25) is 4.79 Å². The van der Waals surface area contributed by atoms with Gasteiger partial charge in [-0.05, 0) is 56.9 Å². The third-order valence-corrected chi connectivity index (χ3v) is 5.63. The fourth-order valence-electron chi connectivity index (χ4n) is 4.12. The van der Waals surface area contributed by atoms with Crippen molar-refractivity contribution in [2.75, 3.05) is 13.2 Å². The Morgan fingerprint density at radius 3 is 2.10 bits per heavy atom. The van der Waals surface area contributed by atoms with Crippen LogP contribution < -0.4 is 0 Å². The highest BCUT2D eigenvalue weighted by Gasteiger charge is 2.26. The molecule has 1 aromatic rings. The number of carbonyl (C=O) groups excluding carboxylic acids is 1. The van der Waals surface area contributed by atoms with Gasteiger partial charge in [-0.1, -0.05) is 63.8 Å². The highest BCUT2D eigenvalue weighted by molar-refractivity contribution is 5.74. The maximum absolute atomic E-state index is 10.7. The average Bonchev–Trinajstić information content (AvgIpc) is 2.76. The van der Waals surface area contributed by atoms with Crippen LogP contribution in [0.2, 0.25) is 0 Å². The molecule has 0 bridgehead atoms. The molecular weight excluding hydrogens is 360 g/mol. The van der Waals surface area contributed by atoms with E-state index in [-0.39, 0.29) is 6.29 Å². The zero-order valence-electron chi connectivity index (χ0n) is 19.5. The standard InChI is InChI=1S/C18H26O.C6H14O2.C2H4/c1-3-5-15-6-4-7-18(12-15)14(2)17-10-8-16(13-19)9-11-17;1-4-7-6(3)8-5-2;1-2/h8-11,13-15,18H,3-7,12H2,1-2H3;6H,4-5H2,1-3H3;1-2H2. The zero-order valence-corrected chi connectivity index (χ0v) is 19.5. The molecule has 0 aliphatic heterocycles. The van der Waals surface area contributed by atoms with Crippen molar-refractivity contribution in [3.8, 4) is 0 Å². The molecule has 0 aromatic heterocycles. The van der Waals surface area contributed by atoms with E-state index in [1.54, 1.807) is 0 Å². The van der Waals surface area contributed by atoms with Gasteiger partial charge in [0.2, 0.25) is 0 Å². The summed E-state index contributed by atoms with van der Waals surface area (Å²) in [6, 6.07) is 8.17. The molecule has 1 aliphatic rings. The lowest BCUT2D eigenvalue weighted by Crippen LogP contribution is -2.20. The van der Waals surface area contributed by atoms with Crippen molar-refractivity contribution < 1.29 is 14.3 Å². The van der Waals surface area contributed by atoms with Crippen molar-refractivity contribution in [2.24, 2.45) is 11.8 Å². The summed E-state index contributed by atoms with van der Waals surface area (Å²) >= 11 is 0. The molecular formula is C26H44O3. The number of hydrogen-bond donors (Lipinski definition) is 0. The van der Waals surface area contributed by atoms with Crippen molar-refractivity contribution in [2.45, 2.75) is 85.4 Å². The normalized spacial score (nSPS) is 19.4. The maximum Gasteiger partial charge on any atom is 0.154 e. The van der Waals surface area contributed by atoms with Gasteiger partial charge in [0, 0.05) is 18.8 Å². The smallest absolute Gasteiger partial charge is 0.154 e. The van der Waals surface area contributed by atoms with E-state index in [1.807, 2.05) is 32.9 Å². The lowest BCUT2D eigenvalue weighted by atomic mass is 9.72. The van der Waals surface area contributed by atoms with Crippen LogP contribution in [0.25, 0.3) is 0 Å². The molecule has 3 atom stereocenters. The molecule has 0 heterocycles. The molecule has 0 amide bonds. The molecule has 1 aliphatic carbocycles. The fourth-order valence-corrected chi connectivity index (χ4v) is 4.12. The van der Waals surface area contributed by atoms with Crippen molar-refractivity contribution >= 4 is 6.29 Å². The van der Waals surface area contributed by atoms with Gasteiger partial charge in [-0.25, -0.2) is 0 Å². The Hall–Kier alpha value is -1.45. The second-order valence-corrected chi connectivity index (χ2v) is 7.63. The van der Waals surface area contributed by atoms with Gasteiger partial charge in [-0.2, -0.15) is 0 Å². The molecule has 0 N–H and O–H groups in total. The van der Waals surface area contributed by atoms with E-state index in [4.69, 9.17) is 9.47 Å². The molecule has 166 valence electrons. The molecule has 1 saturated carbocycles. The molecule has 1 fully saturated rings. The van der Waals surface area contributed by atoms with Crippen molar-refractivity contribution in [3.05, 3.63) is 48.6 Å². The Bertz CT molecular complexity index is 503. The third kappa shape index (κ3) is 11.3. The minimum absolute atomic E-state index is 0.0370. The lowest BCUT2D eigenvalue weighted by Gasteiger charge is -2.33. The Balaban J connectivity index is 0.000000664. The van der Waals surface area contributed by atoms with Gasteiger partial charge in [0.15, 0.2) is 6.29 Å². The Labute approximate surface area is 179 Å². The number of aldehydes is 1. The number of carbonyl (C=O) groups is 1. The largest absolute Gasteiger partial charge is 0.353 e. The number of rotatable bonds is 9. The summed E-state index contributed by atoms with van der Waals surface area (Å²) in [4.78, 5) is 10.7. The third-order valence-electron chi connectivity index (χ3n) is 5.63. The minimum atomic E-state index is -0.0370. The van der Waals surface area contributed by atoms with E-state index in [9.17, 15) is 4.79 Å². The Morgan fingerprint density at radius 2 is 1.62 bits per heavy atom. The van der Waals surface area contributed by atoms with Crippen molar-refractivity contribution in [3.63, 3.8) is 0 Å². The Morgan fingerprint density at radius 1 is 1.03 bits per heavy atom. The van der Waals surface area contributed by atoms with Gasteiger partial charge < -0.3 is 9.47 Å². The first-order valence-corrected chi connectivity index (χ1v) is 11.3. The van der Waals surface area contributed by atoms with Crippen LogP contribution in [0, 0.1) is 11.8 Å². The second kappa shape index (κ2) is 17.4. The maximum atomic E-state index is 10.7. The van der Waals surface area contributed by atoms with Gasteiger partial charge in [-0.15, -0.1) is 13.2 Å². The predicted molar refractivity (Wildman–Crippen MR) is 125 cm³/mol. The highest BCUT2D eigenvalue weighted by atomic mass is 16.7. The average molecular weight is 405 g/mol. The highest BCUT2D eigenvalue weighted by Crippen LogP contribution is 2.39. The number of benzene rings is 1. The lowest BCUT2D eigenvalue weighted by molar-refractivity contribution is -0.123. The van der Waals surface area contributed by atoms with Crippen LogP contribution in [0.5, 0.6) is 0 Å². The van der Waals surface area contributed by atoms with E-state index in [0.29, 0.717) is 5.92 Å². The molecule has 3 nitrogen and oxygen atoms in total. The van der Waals surface area contributed by atoms with Crippen LogP contribution in [-0.4, -0.2) is 25.8 Å². The second-order valence-electron chi connectivity index (χ2n) is 7.63. The summed E-state index contributed by atoms with van der Waals surface area (Å²) < 4.78 is 10.1. The number of ether oxygens (including phenoxy) is 2. The quantitative estimate of drug-likeness (QED) is 0.244. The molecule has 3 heteroatoms. The topological polar surface area (TPSA) is 35.5 Å². The first-order chi connectivity index (χ1) is 14.0. The van der Waals surface area contributed by atoms with Crippen LogP contribution in [-0.2, 0) is 9.47 Å². The van der Waals surface area contributed by atoms with E-state index in [0.717, 1.165) is 36.9 Å². The zero-order chi connectivity index (χ0) is 22.1. The van der Waals surface area contributed by atoms with E-state index in [2.05, 4.69) is 39.1 Å². The SMILES string of the molecule is C=C.CCCC1CCCC(C(C)c2ccc(C=O)cc2)C1.CCOC(C)OCC. The van der Waals surface area contributed by atoms with Crippen LogP contribution in [0.3, 0.4) is 0 Å². The van der Waals surface area contributed by atoms with E-state index < -0.39 is 0 Å². The first kappa shape index (κ1) is 27.5.